The fraction of sp³-hybridized carbons (Fsp3) is 0.923. The van der Waals surface area contributed by atoms with Crippen LogP contribution in [0.2, 0.25) is 0 Å². The van der Waals surface area contributed by atoms with Crippen LogP contribution in [0.15, 0.2) is 0 Å². The molecule has 1 aliphatic rings. The Balaban J connectivity index is 2.65. The van der Waals surface area contributed by atoms with Gasteiger partial charge in [-0.2, -0.15) is 0 Å². The molecule has 0 aliphatic carbocycles. The van der Waals surface area contributed by atoms with Gasteiger partial charge in [-0.05, 0) is 32.2 Å². The van der Waals surface area contributed by atoms with Crippen LogP contribution in [-0.4, -0.2) is 28.5 Å². The third-order valence-corrected chi connectivity index (χ3v) is 3.94. The second kappa shape index (κ2) is 7.23. The minimum atomic E-state index is 0.570. The third kappa shape index (κ3) is 4.02. The zero-order valence-electron chi connectivity index (χ0n) is 10.7. The molecule has 1 rings (SSSR count). The van der Waals surface area contributed by atoms with Crippen LogP contribution in [0.1, 0.15) is 58.8 Å². The number of nitrogens with two attached hydrogens (primary N) is 1. The van der Waals surface area contributed by atoms with Crippen molar-refractivity contribution in [1.29, 1.82) is 0 Å². The molecule has 0 radical (unpaired) electrons. The Morgan fingerprint density at radius 2 is 2.12 bits per heavy atom. The lowest BCUT2D eigenvalue weighted by molar-refractivity contribution is 0.132. The van der Waals surface area contributed by atoms with Gasteiger partial charge in [-0.1, -0.05) is 38.9 Å². The van der Waals surface area contributed by atoms with Crippen molar-refractivity contribution in [2.24, 2.45) is 5.73 Å². The molecule has 1 fully saturated rings. The van der Waals surface area contributed by atoms with E-state index >= 15 is 0 Å². The summed E-state index contributed by atoms with van der Waals surface area (Å²) in [5.74, 6) is 0. The molecule has 2 unspecified atom stereocenters. The van der Waals surface area contributed by atoms with Crippen molar-refractivity contribution in [3.63, 3.8) is 0 Å². The van der Waals surface area contributed by atoms with E-state index in [0.717, 1.165) is 18.9 Å². The Morgan fingerprint density at radius 3 is 2.69 bits per heavy atom. The van der Waals surface area contributed by atoms with Gasteiger partial charge in [0.2, 0.25) is 0 Å². The summed E-state index contributed by atoms with van der Waals surface area (Å²) in [5, 5.41) is 0. The fourth-order valence-corrected chi connectivity index (χ4v) is 3.04. The van der Waals surface area contributed by atoms with Gasteiger partial charge in [-0.15, -0.1) is 0 Å². The predicted molar refractivity (Wildman–Crippen MR) is 74.7 cm³/mol. The predicted octanol–water partition coefficient (Wildman–Crippen LogP) is 3.10. The van der Waals surface area contributed by atoms with Gasteiger partial charge in [0.15, 0.2) is 0 Å². The summed E-state index contributed by atoms with van der Waals surface area (Å²) >= 11 is 5.07. The molecule has 2 nitrogen and oxygen atoms in total. The Labute approximate surface area is 106 Å². The molecule has 0 aromatic carbocycles. The van der Waals surface area contributed by atoms with E-state index in [9.17, 15) is 0 Å². The van der Waals surface area contributed by atoms with E-state index in [2.05, 4.69) is 18.7 Å². The van der Waals surface area contributed by atoms with Crippen LogP contribution in [0.25, 0.3) is 0 Å². The van der Waals surface area contributed by atoms with E-state index in [1.165, 1.54) is 38.6 Å². The lowest BCUT2D eigenvalue weighted by Gasteiger charge is -2.36. The van der Waals surface area contributed by atoms with E-state index in [0.29, 0.717) is 11.0 Å². The maximum Gasteiger partial charge on any atom is 0.0743 e. The third-order valence-electron chi connectivity index (χ3n) is 3.77. The molecule has 0 aromatic heterocycles. The molecule has 0 amide bonds. The van der Waals surface area contributed by atoms with Gasteiger partial charge >= 0.3 is 0 Å². The zero-order valence-corrected chi connectivity index (χ0v) is 11.6. The molecule has 1 aliphatic heterocycles. The minimum Gasteiger partial charge on any atom is -0.393 e. The highest BCUT2D eigenvalue weighted by Gasteiger charge is 2.25. The molecule has 94 valence electrons. The first-order chi connectivity index (χ1) is 7.69. The number of hydrogen-bond acceptors (Lipinski definition) is 2. The van der Waals surface area contributed by atoms with Crippen molar-refractivity contribution >= 4 is 17.2 Å². The summed E-state index contributed by atoms with van der Waals surface area (Å²) in [5.41, 5.74) is 5.71. The highest BCUT2D eigenvalue weighted by molar-refractivity contribution is 7.80. The Kier molecular flexibility index (Phi) is 6.29. The van der Waals surface area contributed by atoms with Crippen LogP contribution < -0.4 is 5.73 Å². The van der Waals surface area contributed by atoms with Gasteiger partial charge in [0, 0.05) is 18.5 Å². The summed E-state index contributed by atoms with van der Waals surface area (Å²) in [6, 6.07) is 1.32. The number of likely N-dealkylation sites (tertiary alicyclic amines) is 1. The molecule has 2 N–H and O–H groups in total. The van der Waals surface area contributed by atoms with Gasteiger partial charge in [-0.3, -0.25) is 4.90 Å². The Hall–Kier alpha value is -0.150. The number of hydrogen-bond donors (Lipinski definition) is 1. The van der Waals surface area contributed by atoms with Crippen molar-refractivity contribution < 1.29 is 0 Å². The van der Waals surface area contributed by atoms with Crippen LogP contribution in [-0.2, 0) is 0 Å². The monoisotopic (exact) mass is 242 g/mol. The van der Waals surface area contributed by atoms with Crippen LogP contribution in [0.5, 0.6) is 0 Å². The van der Waals surface area contributed by atoms with Crippen LogP contribution in [0, 0.1) is 0 Å². The van der Waals surface area contributed by atoms with E-state index in [1.54, 1.807) is 0 Å². The largest absolute Gasteiger partial charge is 0.393 e. The van der Waals surface area contributed by atoms with Crippen molar-refractivity contribution in [2.45, 2.75) is 70.9 Å². The second-order valence-corrected chi connectivity index (χ2v) is 5.41. The molecule has 1 saturated heterocycles. The molecule has 16 heavy (non-hydrogen) atoms. The lowest BCUT2D eigenvalue weighted by atomic mass is 10.0. The van der Waals surface area contributed by atoms with Crippen molar-refractivity contribution in [3.8, 4) is 0 Å². The summed E-state index contributed by atoms with van der Waals surface area (Å²) < 4.78 is 0. The highest BCUT2D eigenvalue weighted by Crippen LogP contribution is 2.23. The first kappa shape index (κ1) is 13.9. The molecule has 3 heteroatoms. The molecular weight excluding hydrogens is 216 g/mol. The average molecular weight is 242 g/mol. The smallest absolute Gasteiger partial charge is 0.0743 e. The fourth-order valence-electron chi connectivity index (χ4n) is 2.85. The van der Waals surface area contributed by atoms with Crippen LogP contribution >= 0.6 is 12.2 Å². The summed E-state index contributed by atoms with van der Waals surface area (Å²) in [4.78, 5) is 3.34. The maximum atomic E-state index is 5.71. The molecule has 2 atom stereocenters. The van der Waals surface area contributed by atoms with Crippen molar-refractivity contribution in [3.05, 3.63) is 0 Å². The van der Waals surface area contributed by atoms with Gasteiger partial charge in [-0.25, -0.2) is 0 Å². The lowest BCUT2D eigenvalue weighted by Crippen LogP contribution is -2.44. The molecule has 0 aromatic rings. The average Bonchev–Trinajstić information content (AvgIpc) is 2.50. The standard InChI is InChI=1S/C13H26N2S/c1-3-11-8-6-5-7-9-15(11)12(4-2)10-13(14)16/h11-12H,3-10H2,1-2H3,(H2,14,16). The van der Waals surface area contributed by atoms with E-state index in [-0.39, 0.29) is 0 Å². The normalized spacial score (nSPS) is 25.0. The Morgan fingerprint density at radius 1 is 1.38 bits per heavy atom. The number of thiocarbonyl (C=S) groups is 1. The maximum absolute atomic E-state index is 5.71. The summed E-state index contributed by atoms with van der Waals surface area (Å²) in [6.07, 6.45) is 8.77. The molecule has 1 heterocycles. The highest BCUT2D eigenvalue weighted by atomic mass is 32.1. The molecular formula is C13H26N2S. The van der Waals surface area contributed by atoms with Crippen LogP contribution in [0.3, 0.4) is 0 Å². The number of rotatable bonds is 5. The zero-order chi connectivity index (χ0) is 12.0. The van der Waals surface area contributed by atoms with Crippen molar-refractivity contribution in [2.75, 3.05) is 6.54 Å². The van der Waals surface area contributed by atoms with E-state index in [4.69, 9.17) is 18.0 Å². The summed E-state index contributed by atoms with van der Waals surface area (Å²) in [7, 11) is 0. The quantitative estimate of drug-likeness (QED) is 0.751. The van der Waals surface area contributed by atoms with E-state index < -0.39 is 0 Å². The van der Waals surface area contributed by atoms with E-state index in [1.807, 2.05) is 0 Å². The SMILES string of the molecule is CCC1CCCCCN1C(CC)CC(N)=S. The van der Waals surface area contributed by atoms with Gasteiger partial charge < -0.3 is 5.73 Å². The Bertz CT molecular complexity index is 218. The molecule has 0 bridgehead atoms. The topological polar surface area (TPSA) is 29.3 Å². The summed E-state index contributed by atoms with van der Waals surface area (Å²) in [6.45, 7) is 5.79. The number of nitrogens with zero attached hydrogens (tertiary/aromatic N) is 1. The molecule has 0 spiro atoms. The minimum absolute atomic E-state index is 0.570. The second-order valence-electron chi connectivity index (χ2n) is 4.88. The van der Waals surface area contributed by atoms with Crippen LogP contribution in [0.4, 0.5) is 0 Å². The van der Waals surface area contributed by atoms with Gasteiger partial charge in [0.05, 0.1) is 4.99 Å². The van der Waals surface area contributed by atoms with Gasteiger partial charge in [0.25, 0.3) is 0 Å². The van der Waals surface area contributed by atoms with Gasteiger partial charge in [0.1, 0.15) is 0 Å². The first-order valence-electron chi connectivity index (χ1n) is 6.73. The molecule has 0 saturated carbocycles. The van der Waals surface area contributed by atoms with Crippen molar-refractivity contribution in [1.82, 2.24) is 4.90 Å². The first-order valence-corrected chi connectivity index (χ1v) is 7.13.